The first-order valence-corrected chi connectivity index (χ1v) is 4.88. The SMILES string of the molecule is COc1cc(OC)c2c(c1)C(=O)OC2NC=O. The monoisotopic (exact) mass is 237 g/mol. The molecule has 0 saturated carbocycles. The minimum absolute atomic E-state index is 0.334. The molecule has 0 fully saturated rings. The van der Waals surface area contributed by atoms with E-state index in [4.69, 9.17) is 14.2 Å². The quantitative estimate of drug-likeness (QED) is 0.613. The van der Waals surface area contributed by atoms with Crippen molar-refractivity contribution in [3.05, 3.63) is 23.3 Å². The molecule has 1 heterocycles. The molecule has 0 bridgehead atoms. The first kappa shape index (κ1) is 11.3. The molecule has 0 aromatic heterocycles. The fraction of sp³-hybridized carbons (Fsp3) is 0.273. The molecule has 0 saturated heterocycles. The Balaban J connectivity index is 2.55. The predicted octanol–water partition coefficient (Wildman–Crippen LogP) is 0.619. The van der Waals surface area contributed by atoms with Crippen LogP contribution in [0.1, 0.15) is 22.1 Å². The van der Waals surface area contributed by atoms with Gasteiger partial charge in [0.05, 0.1) is 25.3 Å². The van der Waals surface area contributed by atoms with Gasteiger partial charge in [-0.25, -0.2) is 4.79 Å². The number of rotatable bonds is 4. The van der Waals surface area contributed by atoms with E-state index in [1.807, 2.05) is 0 Å². The Bertz CT molecular complexity index is 471. The van der Waals surface area contributed by atoms with Crippen LogP contribution in [0.3, 0.4) is 0 Å². The molecule has 0 spiro atoms. The standard InChI is InChI=1S/C11H11NO5/c1-15-6-3-7-9(8(4-6)16-2)10(12-5-13)17-11(7)14/h3-5,10H,1-2H3,(H,12,13). The lowest BCUT2D eigenvalue weighted by Crippen LogP contribution is -2.19. The zero-order chi connectivity index (χ0) is 12.4. The molecule has 1 atom stereocenters. The number of cyclic esters (lactones) is 1. The number of fused-ring (bicyclic) bond motifs is 1. The van der Waals surface area contributed by atoms with Gasteiger partial charge in [0, 0.05) is 6.07 Å². The third-order valence-corrected chi connectivity index (χ3v) is 2.50. The number of carbonyl (C=O) groups is 2. The first-order valence-electron chi connectivity index (χ1n) is 4.88. The van der Waals surface area contributed by atoms with Crippen molar-refractivity contribution in [3.63, 3.8) is 0 Å². The minimum Gasteiger partial charge on any atom is -0.497 e. The fourth-order valence-electron chi connectivity index (χ4n) is 1.74. The summed E-state index contributed by atoms with van der Waals surface area (Å²) in [6.45, 7) is 0. The molecule has 17 heavy (non-hydrogen) atoms. The van der Waals surface area contributed by atoms with Gasteiger partial charge in [-0.05, 0) is 6.07 Å². The smallest absolute Gasteiger partial charge is 0.341 e. The molecule has 1 aliphatic heterocycles. The Hall–Kier alpha value is -2.24. The second-order valence-corrected chi connectivity index (χ2v) is 3.36. The normalized spacial score (nSPS) is 17.1. The molecule has 90 valence electrons. The summed E-state index contributed by atoms with van der Waals surface area (Å²) in [7, 11) is 2.96. The van der Waals surface area contributed by atoms with E-state index >= 15 is 0 Å². The molecule has 2 rings (SSSR count). The van der Waals surface area contributed by atoms with Crippen molar-refractivity contribution >= 4 is 12.4 Å². The summed E-state index contributed by atoms with van der Waals surface area (Å²) >= 11 is 0. The molecule has 0 aliphatic carbocycles. The number of benzene rings is 1. The van der Waals surface area contributed by atoms with E-state index in [1.165, 1.54) is 14.2 Å². The summed E-state index contributed by atoms with van der Waals surface area (Å²) in [6, 6.07) is 3.17. The summed E-state index contributed by atoms with van der Waals surface area (Å²) in [5.41, 5.74) is 0.839. The number of amides is 1. The summed E-state index contributed by atoms with van der Waals surface area (Å²) in [4.78, 5) is 22.0. The highest BCUT2D eigenvalue weighted by Gasteiger charge is 2.34. The Morgan fingerprint density at radius 3 is 2.71 bits per heavy atom. The number of methoxy groups -OCH3 is 2. The maximum absolute atomic E-state index is 11.6. The number of hydrogen-bond acceptors (Lipinski definition) is 5. The number of carbonyl (C=O) groups excluding carboxylic acids is 2. The van der Waals surface area contributed by atoms with Gasteiger partial charge >= 0.3 is 5.97 Å². The third-order valence-electron chi connectivity index (χ3n) is 2.50. The number of esters is 1. The Morgan fingerprint density at radius 1 is 1.35 bits per heavy atom. The summed E-state index contributed by atoms with van der Waals surface area (Å²) < 4.78 is 15.2. The van der Waals surface area contributed by atoms with Crippen molar-refractivity contribution in [2.75, 3.05) is 14.2 Å². The molecule has 1 unspecified atom stereocenters. The van der Waals surface area contributed by atoms with Gasteiger partial charge in [0.15, 0.2) is 0 Å². The largest absolute Gasteiger partial charge is 0.497 e. The number of hydrogen-bond donors (Lipinski definition) is 1. The van der Waals surface area contributed by atoms with E-state index in [0.717, 1.165) is 0 Å². The molecule has 6 heteroatoms. The van der Waals surface area contributed by atoms with Crippen LogP contribution in [0.5, 0.6) is 11.5 Å². The molecule has 1 amide bonds. The van der Waals surface area contributed by atoms with Crippen LogP contribution in [0, 0.1) is 0 Å². The molecule has 6 nitrogen and oxygen atoms in total. The van der Waals surface area contributed by atoms with E-state index < -0.39 is 12.2 Å². The maximum atomic E-state index is 11.6. The topological polar surface area (TPSA) is 73.9 Å². The van der Waals surface area contributed by atoms with Crippen LogP contribution in [0.2, 0.25) is 0 Å². The van der Waals surface area contributed by atoms with Crippen LogP contribution >= 0.6 is 0 Å². The average molecular weight is 237 g/mol. The second-order valence-electron chi connectivity index (χ2n) is 3.36. The molecular formula is C11H11NO5. The molecule has 1 aromatic rings. The van der Waals surface area contributed by atoms with E-state index in [1.54, 1.807) is 12.1 Å². The van der Waals surface area contributed by atoms with E-state index in [-0.39, 0.29) is 0 Å². The summed E-state index contributed by atoms with van der Waals surface area (Å²) in [6.07, 6.45) is -0.340. The highest BCUT2D eigenvalue weighted by Crippen LogP contribution is 2.38. The molecule has 1 aliphatic rings. The van der Waals surface area contributed by atoms with Crippen molar-refractivity contribution in [3.8, 4) is 11.5 Å². The zero-order valence-corrected chi connectivity index (χ0v) is 9.35. The van der Waals surface area contributed by atoms with Gasteiger partial charge in [0.1, 0.15) is 11.5 Å². The predicted molar refractivity (Wildman–Crippen MR) is 56.9 cm³/mol. The van der Waals surface area contributed by atoms with Gasteiger partial charge in [-0.3, -0.25) is 4.79 Å². The Kier molecular flexibility index (Phi) is 2.86. The van der Waals surface area contributed by atoms with E-state index in [2.05, 4.69) is 5.32 Å². The summed E-state index contributed by atoms with van der Waals surface area (Å²) in [5, 5.41) is 2.40. The molecular weight excluding hydrogens is 226 g/mol. The van der Waals surface area contributed by atoms with Crippen molar-refractivity contribution in [2.24, 2.45) is 0 Å². The van der Waals surface area contributed by atoms with Crippen LogP contribution in [-0.4, -0.2) is 26.6 Å². The van der Waals surface area contributed by atoms with Gasteiger partial charge in [0.25, 0.3) is 0 Å². The van der Waals surface area contributed by atoms with Gasteiger partial charge in [-0.2, -0.15) is 0 Å². The van der Waals surface area contributed by atoms with Crippen molar-refractivity contribution in [1.82, 2.24) is 5.32 Å². The average Bonchev–Trinajstić information content (AvgIpc) is 2.66. The lowest BCUT2D eigenvalue weighted by atomic mass is 10.1. The van der Waals surface area contributed by atoms with Gasteiger partial charge in [0.2, 0.25) is 12.6 Å². The lowest BCUT2D eigenvalue weighted by molar-refractivity contribution is -0.112. The third kappa shape index (κ3) is 1.77. The molecule has 0 radical (unpaired) electrons. The van der Waals surface area contributed by atoms with Gasteiger partial charge < -0.3 is 19.5 Å². The second kappa shape index (κ2) is 4.32. The fourth-order valence-corrected chi connectivity index (χ4v) is 1.74. The Morgan fingerprint density at radius 2 is 2.12 bits per heavy atom. The van der Waals surface area contributed by atoms with Crippen molar-refractivity contribution in [1.29, 1.82) is 0 Å². The maximum Gasteiger partial charge on any atom is 0.341 e. The van der Waals surface area contributed by atoms with Gasteiger partial charge in [-0.15, -0.1) is 0 Å². The van der Waals surface area contributed by atoms with E-state index in [9.17, 15) is 9.59 Å². The highest BCUT2D eigenvalue weighted by atomic mass is 16.6. The van der Waals surface area contributed by atoms with Crippen LogP contribution < -0.4 is 14.8 Å². The first-order chi connectivity index (χ1) is 8.21. The van der Waals surface area contributed by atoms with Crippen LogP contribution in [0.4, 0.5) is 0 Å². The van der Waals surface area contributed by atoms with Crippen LogP contribution in [0.25, 0.3) is 0 Å². The lowest BCUT2D eigenvalue weighted by Gasteiger charge is -2.12. The zero-order valence-electron chi connectivity index (χ0n) is 9.35. The molecule has 1 N–H and O–H groups in total. The van der Waals surface area contributed by atoms with Crippen molar-refractivity contribution < 1.29 is 23.8 Å². The van der Waals surface area contributed by atoms with Crippen molar-refractivity contribution in [2.45, 2.75) is 6.23 Å². The van der Waals surface area contributed by atoms with Crippen LogP contribution in [0.15, 0.2) is 12.1 Å². The van der Waals surface area contributed by atoms with Crippen LogP contribution in [-0.2, 0) is 9.53 Å². The van der Waals surface area contributed by atoms with E-state index in [0.29, 0.717) is 29.0 Å². The summed E-state index contributed by atoms with van der Waals surface area (Å²) in [5.74, 6) is 0.408. The Labute approximate surface area is 97.5 Å². The molecule has 1 aromatic carbocycles. The number of ether oxygens (including phenoxy) is 3. The highest BCUT2D eigenvalue weighted by molar-refractivity contribution is 5.95. The number of nitrogens with one attached hydrogen (secondary N) is 1. The minimum atomic E-state index is -0.809. The van der Waals surface area contributed by atoms with Gasteiger partial charge in [-0.1, -0.05) is 0 Å².